The van der Waals surface area contributed by atoms with Crippen molar-refractivity contribution in [2.45, 2.75) is 19.4 Å². The van der Waals surface area contributed by atoms with E-state index in [4.69, 9.17) is 4.74 Å². The second kappa shape index (κ2) is 5.90. The fourth-order valence-electron chi connectivity index (χ4n) is 2.07. The molecule has 0 saturated carbocycles. The molecule has 1 aromatic rings. The van der Waals surface area contributed by atoms with Crippen LogP contribution < -0.4 is 5.32 Å². The molecule has 0 bridgehead atoms. The molecule has 6 heteroatoms. The van der Waals surface area contributed by atoms with Crippen LogP contribution in [0.2, 0.25) is 0 Å². The van der Waals surface area contributed by atoms with Crippen LogP contribution in [0, 0.1) is 17.0 Å². The average Bonchev–Trinajstić information content (AvgIpc) is 2.40. The van der Waals surface area contributed by atoms with Crippen molar-refractivity contribution >= 4 is 11.5 Å². The molecule has 1 N–H and O–H groups in total. The zero-order valence-electron chi connectivity index (χ0n) is 10.7. The Morgan fingerprint density at radius 2 is 2.37 bits per heavy atom. The van der Waals surface area contributed by atoms with Crippen molar-refractivity contribution in [3.8, 4) is 0 Å². The summed E-state index contributed by atoms with van der Waals surface area (Å²) in [6.45, 7) is 3.54. The Balaban J connectivity index is 2.10. The molecule has 1 atom stereocenters. The number of Topliss-reactive ketones (excluding diaryl/α,β-unsaturated/α-hetero) is 1. The summed E-state index contributed by atoms with van der Waals surface area (Å²) in [5, 5.41) is 14.0. The lowest BCUT2D eigenvalue weighted by atomic mass is 10.0. The van der Waals surface area contributed by atoms with Crippen molar-refractivity contribution < 1.29 is 14.5 Å². The lowest BCUT2D eigenvalue weighted by molar-refractivity contribution is -0.385. The standard InChI is InChI=1S/C13H16N2O4/c1-9-2-3-10(6-12(9)15(17)18)13(16)7-11-8-19-5-4-14-11/h2-3,6,11,14H,4-5,7-8H2,1H3. The SMILES string of the molecule is Cc1ccc(C(=O)CC2COCCN2)cc1[N+](=O)[O-]. The normalized spacial score (nSPS) is 19.1. The van der Waals surface area contributed by atoms with Gasteiger partial charge in [0, 0.05) is 36.2 Å². The van der Waals surface area contributed by atoms with Crippen LogP contribution in [0.5, 0.6) is 0 Å². The molecule has 0 aliphatic carbocycles. The first-order valence-corrected chi connectivity index (χ1v) is 6.17. The van der Waals surface area contributed by atoms with Gasteiger partial charge in [0.1, 0.15) is 0 Å². The summed E-state index contributed by atoms with van der Waals surface area (Å²) in [6.07, 6.45) is 0.292. The summed E-state index contributed by atoms with van der Waals surface area (Å²) in [4.78, 5) is 22.5. The molecule has 1 aliphatic heterocycles. The van der Waals surface area contributed by atoms with E-state index in [-0.39, 0.29) is 17.5 Å². The third-order valence-corrected chi connectivity index (χ3v) is 3.16. The van der Waals surface area contributed by atoms with Gasteiger partial charge in [0.25, 0.3) is 5.69 Å². The largest absolute Gasteiger partial charge is 0.378 e. The minimum absolute atomic E-state index is 0.0124. The highest BCUT2D eigenvalue weighted by molar-refractivity contribution is 5.97. The zero-order chi connectivity index (χ0) is 13.8. The van der Waals surface area contributed by atoms with Crippen LogP contribution in [0.4, 0.5) is 5.69 Å². The molecule has 1 aliphatic rings. The van der Waals surface area contributed by atoms with E-state index in [9.17, 15) is 14.9 Å². The lowest BCUT2D eigenvalue weighted by Gasteiger charge is -2.23. The number of carbonyl (C=O) groups is 1. The van der Waals surface area contributed by atoms with Gasteiger partial charge in [-0.25, -0.2) is 0 Å². The van der Waals surface area contributed by atoms with Crippen molar-refractivity contribution in [2.75, 3.05) is 19.8 Å². The lowest BCUT2D eigenvalue weighted by Crippen LogP contribution is -2.42. The first-order chi connectivity index (χ1) is 9.08. The van der Waals surface area contributed by atoms with Gasteiger partial charge in [-0.1, -0.05) is 12.1 Å². The van der Waals surface area contributed by atoms with Gasteiger partial charge >= 0.3 is 0 Å². The van der Waals surface area contributed by atoms with Gasteiger partial charge in [-0.05, 0) is 6.92 Å². The number of carbonyl (C=O) groups excluding carboxylic acids is 1. The van der Waals surface area contributed by atoms with E-state index in [0.29, 0.717) is 30.8 Å². The summed E-state index contributed by atoms with van der Waals surface area (Å²) in [6, 6.07) is 4.58. The van der Waals surface area contributed by atoms with Gasteiger partial charge in [-0.3, -0.25) is 14.9 Å². The second-order valence-electron chi connectivity index (χ2n) is 4.61. The number of aryl methyl sites for hydroxylation is 1. The Morgan fingerprint density at radius 1 is 1.58 bits per heavy atom. The molecule has 19 heavy (non-hydrogen) atoms. The summed E-state index contributed by atoms with van der Waals surface area (Å²) >= 11 is 0. The smallest absolute Gasteiger partial charge is 0.273 e. The van der Waals surface area contributed by atoms with E-state index >= 15 is 0 Å². The Morgan fingerprint density at radius 3 is 3.00 bits per heavy atom. The van der Waals surface area contributed by atoms with E-state index in [0.717, 1.165) is 6.54 Å². The van der Waals surface area contributed by atoms with Crippen molar-refractivity contribution in [3.63, 3.8) is 0 Å². The summed E-state index contributed by atoms with van der Waals surface area (Å²) in [5.74, 6) is -0.105. The van der Waals surface area contributed by atoms with E-state index < -0.39 is 4.92 Å². The van der Waals surface area contributed by atoms with Crippen LogP contribution in [-0.4, -0.2) is 36.5 Å². The molecule has 1 saturated heterocycles. The summed E-state index contributed by atoms with van der Waals surface area (Å²) in [7, 11) is 0. The number of morpholine rings is 1. The molecular weight excluding hydrogens is 248 g/mol. The predicted octanol–water partition coefficient (Wildman–Crippen LogP) is 1.46. The number of benzene rings is 1. The van der Waals surface area contributed by atoms with E-state index in [1.165, 1.54) is 6.07 Å². The van der Waals surface area contributed by atoms with Crippen LogP contribution in [0.1, 0.15) is 22.3 Å². The Hall–Kier alpha value is -1.79. The van der Waals surface area contributed by atoms with Crippen LogP contribution in [-0.2, 0) is 4.74 Å². The molecule has 1 fully saturated rings. The van der Waals surface area contributed by atoms with Crippen molar-refractivity contribution in [3.05, 3.63) is 39.4 Å². The molecule has 0 amide bonds. The van der Waals surface area contributed by atoms with Crippen molar-refractivity contribution in [2.24, 2.45) is 0 Å². The number of hydrogen-bond acceptors (Lipinski definition) is 5. The highest BCUT2D eigenvalue weighted by Crippen LogP contribution is 2.20. The first kappa shape index (κ1) is 13.6. The first-order valence-electron chi connectivity index (χ1n) is 6.17. The van der Waals surface area contributed by atoms with Gasteiger partial charge < -0.3 is 10.1 Å². The third-order valence-electron chi connectivity index (χ3n) is 3.16. The maximum Gasteiger partial charge on any atom is 0.273 e. The van der Waals surface area contributed by atoms with Crippen molar-refractivity contribution in [1.29, 1.82) is 0 Å². The second-order valence-corrected chi connectivity index (χ2v) is 4.61. The summed E-state index contributed by atoms with van der Waals surface area (Å²) in [5.41, 5.74) is 0.920. The quantitative estimate of drug-likeness (QED) is 0.506. The van der Waals surface area contributed by atoms with Crippen LogP contribution in [0.25, 0.3) is 0 Å². The highest BCUT2D eigenvalue weighted by atomic mass is 16.6. The summed E-state index contributed by atoms with van der Waals surface area (Å²) < 4.78 is 5.28. The number of hydrogen-bond donors (Lipinski definition) is 1. The minimum atomic E-state index is -0.464. The average molecular weight is 264 g/mol. The molecule has 1 unspecified atom stereocenters. The van der Waals surface area contributed by atoms with Crippen molar-refractivity contribution in [1.82, 2.24) is 5.32 Å². The molecule has 0 radical (unpaired) electrons. The number of nitrogens with one attached hydrogen (secondary N) is 1. The van der Waals surface area contributed by atoms with E-state index in [1.807, 2.05) is 0 Å². The van der Waals surface area contributed by atoms with Gasteiger partial charge in [-0.15, -0.1) is 0 Å². The number of nitro benzene ring substituents is 1. The number of ketones is 1. The molecule has 0 spiro atoms. The number of ether oxygens (including phenoxy) is 1. The minimum Gasteiger partial charge on any atom is -0.378 e. The Labute approximate surface area is 110 Å². The van der Waals surface area contributed by atoms with Crippen LogP contribution in [0.3, 0.4) is 0 Å². The Kier molecular flexibility index (Phi) is 4.24. The fraction of sp³-hybridized carbons (Fsp3) is 0.462. The molecule has 0 aromatic heterocycles. The number of rotatable bonds is 4. The number of nitro groups is 1. The molecular formula is C13H16N2O4. The van der Waals surface area contributed by atoms with Gasteiger partial charge in [0.15, 0.2) is 5.78 Å². The maximum atomic E-state index is 12.1. The maximum absolute atomic E-state index is 12.1. The monoisotopic (exact) mass is 264 g/mol. The van der Waals surface area contributed by atoms with Crippen LogP contribution >= 0.6 is 0 Å². The zero-order valence-corrected chi connectivity index (χ0v) is 10.7. The van der Waals surface area contributed by atoms with Crippen LogP contribution in [0.15, 0.2) is 18.2 Å². The third kappa shape index (κ3) is 3.36. The van der Waals surface area contributed by atoms with Gasteiger partial charge in [0.05, 0.1) is 18.1 Å². The van der Waals surface area contributed by atoms with Gasteiger partial charge in [-0.2, -0.15) is 0 Å². The molecule has 6 nitrogen and oxygen atoms in total. The molecule has 1 aromatic carbocycles. The van der Waals surface area contributed by atoms with E-state index in [2.05, 4.69) is 5.32 Å². The highest BCUT2D eigenvalue weighted by Gasteiger charge is 2.20. The molecule has 2 rings (SSSR count). The topological polar surface area (TPSA) is 81.5 Å². The predicted molar refractivity (Wildman–Crippen MR) is 69.4 cm³/mol. The number of nitrogens with zero attached hydrogens (tertiary/aromatic N) is 1. The fourth-order valence-corrected chi connectivity index (χ4v) is 2.07. The Bertz CT molecular complexity index is 495. The molecule has 102 valence electrons. The molecule has 1 heterocycles. The van der Waals surface area contributed by atoms with Gasteiger partial charge in [0.2, 0.25) is 0 Å². The van der Waals surface area contributed by atoms with E-state index in [1.54, 1.807) is 19.1 Å².